The summed E-state index contributed by atoms with van der Waals surface area (Å²) in [6.07, 6.45) is 6.37. The molecule has 3 aromatic heterocycles. The van der Waals surface area contributed by atoms with Crippen molar-refractivity contribution < 1.29 is 14.3 Å². The third-order valence-corrected chi connectivity index (χ3v) is 7.84. The lowest BCUT2D eigenvalue weighted by molar-refractivity contribution is 0.0594. The van der Waals surface area contributed by atoms with Gasteiger partial charge in [0.2, 0.25) is 0 Å². The number of methoxy groups -OCH3 is 1. The number of hydrogen-bond acceptors (Lipinski definition) is 6. The summed E-state index contributed by atoms with van der Waals surface area (Å²) < 4.78 is 8.82. The number of ether oxygens (including phenoxy) is 1. The molecule has 0 bridgehead atoms. The molecule has 9 nitrogen and oxygen atoms in total. The quantitative estimate of drug-likeness (QED) is 0.301. The fourth-order valence-electron chi connectivity index (χ4n) is 5.50. The number of nitrogens with one attached hydrogen (secondary N) is 1. The first-order chi connectivity index (χ1) is 19.3. The second-order valence-electron chi connectivity index (χ2n) is 10.4. The Balaban J connectivity index is 1.32. The molecule has 1 amide bonds. The van der Waals surface area contributed by atoms with Gasteiger partial charge in [-0.1, -0.05) is 29.3 Å². The Kier molecular flexibility index (Phi) is 6.38. The van der Waals surface area contributed by atoms with Gasteiger partial charge in [0.25, 0.3) is 5.91 Å². The summed E-state index contributed by atoms with van der Waals surface area (Å²) >= 11 is 6.53. The first kappa shape index (κ1) is 25.8. The van der Waals surface area contributed by atoms with Crippen LogP contribution in [0.1, 0.15) is 45.4 Å². The van der Waals surface area contributed by atoms with E-state index in [9.17, 15) is 9.59 Å². The Hall–Kier alpha value is -4.50. The summed E-state index contributed by atoms with van der Waals surface area (Å²) in [7, 11) is 1.34. The molecule has 0 radical (unpaired) electrons. The number of aryl methyl sites for hydroxylation is 1. The van der Waals surface area contributed by atoms with Crippen molar-refractivity contribution in [2.75, 3.05) is 7.11 Å². The van der Waals surface area contributed by atoms with Crippen LogP contribution in [-0.2, 0) is 17.7 Å². The standard InChI is InChI=1S/C30H27ClN6O3/c1-18-4-9-25-22(12-18)27(19-5-8-24(32-14-19)29(39)40-3)26-10-11-30(2,15-37(25)26)35-28(38)21-7-6-20(13-23(21)31)36-16-33-34-17-36/h4-9,12-14,16-17H,10-11,15H2,1-3H3,(H,35,38)/t30-/m1/s1. The molecule has 0 saturated heterocycles. The van der Waals surface area contributed by atoms with Crippen molar-refractivity contribution in [3.8, 4) is 16.8 Å². The summed E-state index contributed by atoms with van der Waals surface area (Å²) in [5, 5.41) is 12.4. The summed E-state index contributed by atoms with van der Waals surface area (Å²) in [5.74, 6) is -0.687. The Morgan fingerprint density at radius 2 is 1.88 bits per heavy atom. The van der Waals surface area contributed by atoms with Gasteiger partial charge in [0.15, 0.2) is 0 Å². The van der Waals surface area contributed by atoms with Crippen LogP contribution >= 0.6 is 11.6 Å². The highest BCUT2D eigenvalue weighted by Gasteiger charge is 2.35. The predicted molar refractivity (Wildman–Crippen MR) is 152 cm³/mol. The van der Waals surface area contributed by atoms with Crippen molar-refractivity contribution in [1.29, 1.82) is 0 Å². The van der Waals surface area contributed by atoms with Crippen LogP contribution in [-0.4, -0.2) is 48.8 Å². The summed E-state index contributed by atoms with van der Waals surface area (Å²) in [5.41, 5.74) is 6.40. The fraction of sp³-hybridized carbons (Fsp3) is 0.233. The molecular weight excluding hydrogens is 528 g/mol. The second-order valence-corrected chi connectivity index (χ2v) is 10.8. The Morgan fingerprint density at radius 3 is 2.58 bits per heavy atom. The predicted octanol–water partition coefficient (Wildman–Crippen LogP) is 5.17. The van der Waals surface area contributed by atoms with E-state index in [2.05, 4.69) is 57.1 Å². The molecule has 0 unspecified atom stereocenters. The fourth-order valence-corrected chi connectivity index (χ4v) is 5.76. The zero-order valence-corrected chi connectivity index (χ0v) is 23.1. The molecule has 0 saturated carbocycles. The van der Waals surface area contributed by atoms with E-state index in [0.29, 0.717) is 17.1 Å². The summed E-state index contributed by atoms with van der Waals surface area (Å²) in [6.45, 7) is 4.73. The maximum absolute atomic E-state index is 13.4. The van der Waals surface area contributed by atoms with Crippen molar-refractivity contribution in [3.63, 3.8) is 0 Å². The average molecular weight is 555 g/mol. The second kappa shape index (κ2) is 9.91. The number of carbonyl (C=O) groups excluding carboxylic acids is 2. The van der Waals surface area contributed by atoms with Crippen molar-refractivity contribution in [2.24, 2.45) is 0 Å². The van der Waals surface area contributed by atoms with Crippen LogP contribution < -0.4 is 5.32 Å². The largest absolute Gasteiger partial charge is 0.464 e. The van der Waals surface area contributed by atoms with Crippen molar-refractivity contribution in [3.05, 3.63) is 94.9 Å². The Bertz CT molecular complexity index is 1760. The minimum absolute atomic E-state index is 0.221. The van der Waals surface area contributed by atoms with Gasteiger partial charge in [0.1, 0.15) is 18.3 Å². The molecular formula is C30H27ClN6O3. The smallest absolute Gasteiger partial charge is 0.356 e. The normalized spacial score (nSPS) is 16.5. The van der Waals surface area contributed by atoms with Crippen LogP contribution in [0.4, 0.5) is 0 Å². The van der Waals surface area contributed by atoms with Crippen LogP contribution in [0.15, 0.2) is 67.4 Å². The van der Waals surface area contributed by atoms with Crippen LogP contribution in [0.25, 0.3) is 27.7 Å². The zero-order valence-electron chi connectivity index (χ0n) is 22.3. The topological polar surface area (TPSA) is 104 Å². The van der Waals surface area contributed by atoms with Gasteiger partial charge in [0.05, 0.1) is 23.2 Å². The average Bonchev–Trinajstić information content (AvgIpc) is 3.59. The maximum Gasteiger partial charge on any atom is 0.356 e. The molecule has 2 aromatic carbocycles. The maximum atomic E-state index is 13.4. The van der Waals surface area contributed by atoms with Crippen LogP contribution in [0.2, 0.25) is 5.02 Å². The molecule has 1 aliphatic heterocycles. The zero-order chi connectivity index (χ0) is 28.0. The molecule has 5 aromatic rings. The molecule has 1 atom stereocenters. The van der Waals surface area contributed by atoms with Crippen molar-refractivity contribution in [1.82, 2.24) is 29.6 Å². The molecule has 6 rings (SSSR count). The molecule has 0 spiro atoms. The number of amides is 1. The van der Waals surface area contributed by atoms with Gasteiger partial charge in [-0.3, -0.25) is 9.36 Å². The van der Waals surface area contributed by atoms with E-state index in [-0.39, 0.29) is 11.6 Å². The van der Waals surface area contributed by atoms with Crippen LogP contribution in [0.5, 0.6) is 0 Å². The van der Waals surface area contributed by atoms with Gasteiger partial charge in [0, 0.05) is 46.2 Å². The lowest BCUT2D eigenvalue weighted by atomic mass is 9.89. The van der Waals surface area contributed by atoms with Gasteiger partial charge in [-0.25, -0.2) is 9.78 Å². The SMILES string of the molecule is COC(=O)c1ccc(-c2c3n(c4ccc(C)cc24)C[C@](C)(NC(=O)c2ccc(-n4cnnc4)cc2Cl)CC3)cn1. The number of esters is 1. The minimum Gasteiger partial charge on any atom is -0.464 e. The highest BCUT2D eigenvalue weighted by Crippen LogP contribution is 2.40. The van der Waals surface area contributed by atoms with Gasteiger partial charge >= 0.3 is 5.97 Å². The molecule has 10 heteroatoms. The minimum atomic E-state index is -0.499. The summed E-state index contributed by atoms with van der Waals surface area (Å²) in [6, 6.07) is 15.3. The number of carbonyl (C=O) groups is 2. The molecule has 202 valence electrons. The van der Waals surface area contributed by atoms with E-state index in [1.807, 2.05) is 12.1 Å². The number of aromatic nitrogens is 5. The number of rotatable bonds is 5. The van der Waals surface area contributed by atoms with Crippen LogP contribution in [0, 0.1) is 6.92 Å². The first-order valence-corrected chi connectivity index (χ1v) is 13.3. The third kappa shape index (κ3) is 4.52. The monoisotopic (exact) mass is 554 g/mol. The number of nitrogens with zero attached hydrogens (tertiary/aromatic N) is 5. The molecule has 4 heterocycles. The van der Waals surface area contributed by atoms with E-state index in [4.69, 9.17) is 16.3 Å². The van der Waals surface area contributed by atoms with E-state index >= 15 is 0 Å². The van der Waals surface area contributed by atoms with E-state index in [0.717, 1.165) is 46.1 Å². The molecule has 1 aliphatic rings. The lowest BCUT2D eigenvalue weighted by Crippen LogP contribution is -2.51. The molecule has 1 N–H and O–H groups in total. The van der Waals surface area contributed by atoms with Gasteiger partial charge in [-0.15, -0.1) is 10.2 Å². The summed E-state index contributed by atoms with van der Waals surface area (Å²) in [4.78, 5) is 29.7. The first-order valence-electron chi connectivity index (χ1n) is 12.9. The highest BCUT2D eigenvalue weighted by molar-refractivity contribution is 6.34. The third-order valence-electron chi connectivity index (χ3n) is 7.52. The van der Waals surface area contributed by atoms with Gasteiger partial charge in [-0.05, 0) is 63.1 Å². The van der Waals surface area contributed by atoms with Crippen LogP contribution in [0.3, 0.4) is 0 Å². The number of fused-ring (bicyclic) bond motifs is 3. The molecule has 0 aliphatic carbocycles. The van der Waals surface area contributed by atoms with E-state index in [1.54, 1.807) is 41.6 Å². The number of pyridine rings is 1. The highest BCUT2D eigenvalue weighted by atomic mass is 35.5. The molecule has 40 heavy (non-hydrogen) atoms. The van der Waals surface area contributed by atoms with Crippen molar-refractivity contribution >= 4 is 34.4 Å². The van der Waals surface area contributed by atoms with Gasteiger partial charge in [-0.2, -0.15) is 0 Å². The Labute approximate surface area is 235 Å². The van der Waals surface area contributed by atoms with E-state index in [1.165, 1.54) is 12.8 Å². The van der Waals surface area contributed by atoms with E-state index < -0.39 is 11.5 Å². The number of hydrogen-bond donors (Lipinski definition) is 1. The Morgan fingerprint density at radius 1 is 1.07 bits per heavy atom. The van der Waals surface area contributed by atoms with Gasteiger partial charge < -0.3 is 14.6 Å². The molecule has 0 fully saturated rings. The lowest BCUT2D eigenvalue weighted by Gasteiger charge is -2.37. The number of halogens is 1. The number of benzene rings is 2. The van der Waals surface area contributed by atoms with Crippen molar-refractivity contribution in [2.45, 2.75) is 38.8 Å².